The first kappa shape index (κ1) is 22.4. The van der Waals surface area contributed by atoms with Crippen LogP contribution < -0.4 is 9.47 Å². The SMILES string of the molecule is CC(C)=NOCCCCCOc1c(Cl)cc(OCC=C(Cl)Cl)cc1Br. The second-order valence-electron chi connectivity index (χ2n) is 5.30. The lowest BCUT2D eigenvalue weighted by atomic mass is 10.2. The molecule has 0 atom stereocenters. The molecule has 0 amide bonds. The number of benzene rings is 1. The predicted octanol–water partition coefficient (Wildman–Crippen LogP) is 6.76. The number of hydrogen-bond donors (Lipinski definition) is 0. The van der Waals surface area contributed by atoms with E-state index in [1.807, 2.05) is 13.8 Å². The summed E-state index contributed by atoms with van der Waals surface area (Å²) in [7, 11) is 0. The van der Waals surface area contributed by atoms with Gasteiger partial charge in [0, 0.05) is 6.07 Å². The Labute approximate surface area is 172 Å². The van der Waals surface area contributed by atoms with Gasteiger partial charge in [-0.25, -0.2) is 0 Å². The molecule has 0 heterocycles. The number of unbranched alkanes of at least 4 members (excludes halogenated alkanes) is 2. The second kappa shape index (κ2) is 12.7. The molecule has 0 aromatic heterocycles. The molecule has 0 saturated heterocycles. The van der Waals surface area contributed by atoms with Crippen LogP contribution in [0, 0.1) is 0 Å². The minimum absolute atomic E-state index is 0.159. The van der Waals surface area contributed by atoms with Gasteiger partial charge in [-0.15, -0.1) is 0 Å². The molecule has 1 aromatic carbocycles. The molecule has 0 fully saturated rings. The fraction of sp³-hybridized carbons (Fsp3) is 0.471. The molecule has 140 valence electrons. The lowest BCUT2D eigenvalue weighted by Gasteiger charge is -2.12. The Morgan fingerprint density at radius 2 is 1.84 bits per heavy atom. The van der Waals surface area contributed by atoms with Gasteiger partial charge in [-0.2, -0.15) is 0 Å². The standard InChI is InChI=1S/C17H21BrCl3NO3/c1-12(2)22-25-8-5-3-4-7-24-17-14(18)10-13(11-15(17)19)23-9-6-16(20)21/h6,10-11H,3-5,7-9H2,1-2H3. The lowest BCUT2D eigenvalue weighted by molar-refractivity contribution is 0.138. The van der Waals surface area contributed by atoms with Gasteiger partial charge in [-0.3, -0.25) is 0 Å². The van der Waals surface area contributed by atoms with Crippen LogP contribution in [0.25, 0.3) is 0 Å². The molecule has 0 spiro atoms. The van der Waals surface area contributed by atoms with Gasteiger partial charge in [0.1, 0.15) is 23.5 Å². The molecule has 0 bridgehead atoms. The Morgan fingerprint density at radius 1 is 1.12 bits per heavy atom. The summed E-state index contributed by atoms with van der Waals surface area (Å²) in [5.41, 5.74) is 0.914. The largest absolute Gasteiger partial charge is 0.491 e. The van der Waals surface area contributed by atoms with Crippen molar-refractivity contribution in [2.75, 3.05) is 19.8 Å². The number of nitrogens with zero attached hydrogens (tertiary/aromatic N) is 1. The van der Waals surface area contributed by atoms with Crippen molar-refractivity contribution in [3.8, 4) is 11.5 Å². The molecule has 4 nitrogen and oxygen atoms in total. The van der Waals surface area contributed by atoms with E-state index in [0.717, 1.165) is 29.4 Å². The van der Waals surface area contributed by atoms with Gasteiger partial charge in [0.2, 0.25) is 0 Å². The number of ether oxygens (including phenoxy) is 2. The van der Waals surface area contributed by atoms with Gasteiger partial charge in [-0.1, -0.05) is 40.0 Å². The molecule has 0 N–H and O–H groups in total. The summed E-state index contributed by atoms with van der Waals surface area (Å²) in [4.78, 5) is 5.14. The third kappa shape index (κ3) is 10.2. The van der Waals surface area contributed by atoms with Crippen molar-refractivity contribution in [3.05, 3.63) is 32.2 Å². The fourth-order valence-electron chi connectivity index (χ4n) is 1.75. The quantitative estimate of drug-likeness (QED) is 0.202. The third-order valence-electron chi connectivity index (χ3n) is 2.83. The Balaban J connectivity index is 2.36. The number of halogens is 4. The first-order valence-corrected chi connectivity index (χ1v) is 9.71. The highest BCUT2D eigenvalue weighted by atomic mass is 79.9. The highest BCUT2D eigenvalue weighted by Gasteiger charge is 2.10. The summed E-state index contributed by atoms with van der Waals surface area (Å²) in [6, 6.07) is 3.48. The van der Waals surface area contributed by atoms with Gasteiger partial charge in [0.25, 0.3) is 0 Å². The van der Waals surface area contributed by atoms with E-state index in [9.17, 15) is 0 Å². The van der Waals surface area contributed by atoms with Crippen molar-refractivity contribution in [2.24, 2.45) is 5.16 Å². The Kier molecular flexibility index (Phi) is 11.4. The van der Waals surface area contributed by atoms with Gasteiger partial charge >= 0.3 is 0 Å². The molecule has 1 aromatic rings. The van der Waals surface area contributed by atoms with E-state index in [-0.39, 0.29) is 11.1 Å². The molecule has 0 unspecified atom stereocenters. The molecule has 8 heteroatoms. The molecule has 25 heavy (non-hydrogen) atoms. The van der Waals surface area contributed by atoms with E-state index in [2.05, 4.69) is 21.1 Å². The maximum atomic E-state index is 6.25. The van der Waals surface area contributed by atoms with E-state index in [1.54, 1.807) is 18.2 Å². The zero-order chi connectivity index (χ0) is 18.7. The van der Waals surface area contributed by atoms with Crippen LogP contribution in [0.1, 0.15) is 33.1 Å². The molecule has 1 rings (SSSR count). The lowest BCUT2D eigenvalue weighted by Crippen LogP contribution is -2.01. The Hall–Kier alpha value is -0.620. The zero-order valence-corrected chi connectivity index (χ0v) is 18.0. The average Bonchev–Trinajstić information content (AvgIpc) is 2.51. The fourth-order valence-corrected chi connectivity index (χ4v) is 2.81. The van der Waals surface area contributed by atoms with Crippen molar-refractivity contribution >= 4 is 56.4 Å². The van der Waals surface area contributed by atoms with Crippen LogP contribution in [0.3, 0.4) is 0 Å². The Morgan fingerprint density at radius 3 is 2.48 bits per heavy atom. The highest BCUT2D eigenvalue weighted by molar-refractivity contribution is 9.10. The van der Waals surface area contributed by atoms with Crippen molar-refractivity contribution in [2.45, 2.75) is 33.1 Å². The number of hydrogen-bond acceptors (Lipinski definition) is 4. The Bertz CT molecular complexity index is 578. The topological polar surface area (TPSA) is 40.0 Å². The highest BCUT2D eigenvalue weighted by Crippen LogP contribution is 2.37. The maximum Gasteiger partial charge on any atom is 0.152 e. The van der Waals surface area contributed by atoms with E-state index in [1.165, 1.54) is 0 Å². The minimum Gasteiger partial charge on any atom is -0.491 e. The minimum atomic E-state index is 0.159. The third-order valence-corrected chi connectivity index (χ3v) is 4.01. The zero-order valence-electron chi connectivity index (χ0n) is 14.2. The van der Waals surface area contributed by atoms with Crippen LogP contribution >= 0.6 is 50.7 Å². The smallest absolute Gasteiger partial charge is 0.152 e. The van der Waals surface area contributed by atoms with Crippen LogP contribution in [-0.2, 0) is 4.84 Å². The summed E-state index contributed by atoms with van der Waals surface area (Å²) < 4.78 is 12.1. The van der Waals surface area contributed by atoms with Crippen molar-refractivity contribution in [1.82, 2.24) is 0 Å². The van der Waals surface area contributed by atoms with E-state index in [4.69, 9.17) is 49.1 Å². The first-order valence-electron chi connectivity index (χ1n) is 7.79. The van der Waals surface area contributed by atoms with Gasteiger partial charge in [0.05, 0.1) is 21.8 Å². The van der Waals surface area contributed by atoms with Gasteiger partial charge < -0.3 is 14.3 Å². The monoisotopic (exact) mass is 471 g/mol. The van der Waals surface area contributed by atoms with Crippen molar-refractivity contribution < 1.29 is 14.3 Å². The summed E-state index contributed by atoms with van der Waals surface area (Å²) in [5.74, 6) is 1.20. The molecule has 0 radical (unpaired) electrons. The van der Waals surface area contributed by atoms with Crippen LogP contribution in [0.15, 0.2) is 32.3 Å². The van der Waals surface area contributed by atoms with Gasteiger partial charge in [0.15, 0.2) is 5.75 Å². The van der Waals surface area contributed by atoms with Crippen LogP contribution in [0.4, 0.5) is 0 Å². The number of rotatable bonds is 11. The molecular formula is C17H21BrCl3NO3. The normalized spacial score (nSPS) is 10.2. The second-order valence-corrected chi connectivity index (χ2v) is 7.57. The van der Waals surface area contributed by atoms with E-state index >= 15 is 0 Å². The molecular weight excluding hydrogens is 452 g/mol. The molecule has 0 aliphatic carbocycles. The summed E-state index contributed by atoms with van der Waals surface area (Å²) in [6.45, 7) is 5.24. The van der Waals surface area contributed by atoms with E-state index < -0.39 is 0 Å². The average molecular weight is 474 g/mol. The first-order chi connectivity index (χ1) is 11.9. The van der Waals surface area contributed by atoms with Gasteiger partial charge in [-0.05, 0) is 61.2 Å². The number of oxime groups is 1. The van der Waals surface area contributed by atoms with Crippen molar-refractivity contribution in [1.29, 1.82) is 0 Å². The molecule has 0 aliphatic heterocycles. The van der Waals surface area contributed by atoms with Crippen LogP contribution in [-0.4, -0.2) is 25.5 Å². The van der Waals surface area contributed by atoms with Crippen LogP contribution in [0.2, 0.25) is 5.02 Å². The molecule has 0 saturated carbocycles. The van der Waals surface area contributed by atoms with Crippen LogP contribution in [0.5, 0.6) is 11.5 Å². The maximum absolute atomic E-state index is 6.25. The van der Waals surface area contributed by atoms with Crippen molar-refractivity contribution in [3.63, 3.8) is 0 Å². The predicted molar refractivity (Wildman–Crippen MR) is 109 cm³/mol. The summed E-state index contributed by atoms with van der Waals surface area (Å²) in [6.07, 6.45) is 4.36. The summed E-state index contributed by atoms with van der Waals surface area (Å²) in [5, 5.41) is 4.36. The summed E-state index contributed by atoms with van der Waals surface area (Å²) >= 11 is 20.8. The molecule has 0 aliphatic rings. The van der Waals surface area contributed by atoms with E-state index in [0.29, 0.717) is 29.7 Å².